The molecule has 1 aromatic carbocycles. The second-order valence-corrected chi connectivity index (χ2v) is 5.16. The Morgan fingerprint density at radius 1 is 1.10 bits per heavy atom. The number of carbonyl (C=O) groups is 1. The topological polar surface area (TPSA) is 46.5 Å². The number of aliphatic hydroxyl groups is 1. The van der Waals surface area contributed by atoms with Gasteiger partial charge in [-0.05, 0) is 6.42 Å². The van der Waals surface area contributed by atoms with Gasteiger partial charge in [0.1, 0.15) is 0 Å². The monoisotopic (exact) mass is 278 g/mol. The van der Waals surface area contributed by atoms with E-state index in [0.29, 0.717) is 12.0 Å². The van der Waals surface area contributed by atoms with Gasteiger partial charge in [0, 0.05) is 19.1 Å². The SMILES string of the molecule is CCCCCCCCC(=O)C(O)(OC)c1ccccc1. The highest BCUT2D eigenvalue weighted by Gasteiger charge is 2.36. The van der Waals surface area contributed by atoms with Crippen LogP contribution in [0.3, 0.4) is 0 Å². The molecule has 112 valence electrons. The van der Waals surface area contributed by atoms with Crippen LogP contribution in [0.2, 0.25) is 0 Å². The van der Waals surface area contributed by atoms with Crippen LogP contribution in [0.4, 0.5) is 0 Å². The highest BCUT2D eigenvalue weighted by Crippen LogP contribution is 2.25. The molecule has 0 amide bonds. The third-order valence-electron chi connectivity index (χ3n) is 3.60. The van der Waals surface area contributed by atoms with Gasteiger partial charge >= 0.3 is 0 Å². The third kappa shape index (κ3) is 4.73. The van der Waals surface area contributed by atoms with Gasteiger partial charge in [0.25, 0.3) is 5.79 Å². The zero-order valence-corrected chi connectivity index (χ0v) is 12.6. The highest BCUT2D eigenvalue weighted by atomic mass is 16.6. The van der Waals surface area contributed by atoms with Crippen molar-refractivity contribution in [1.82, 2.24) is 0 Å². The fraction of sp³-hybridized carbons (Fsp3) is 0.588. The van der Waals surface area contributed by atoms with Crippen LogP contribution < -0.4 is 0 Å². The Hall–Kier alpha value is -1.19. The number of ketones is 1. The van der Waals surface area contributed by atoms with E-state index in [1.165, 1.54) is 26.4 Å². The standard InChI is InChI=1S/C17H26O3/c1-3-4-5-6-7-11-14-16(18)17(19,20-2)15-12-9-8-10-13-15/h8-10,12-13,19H,3-7,11,14H2,1-2H3. The quantitative estimate of drug-likeness (QED) is 0.523. The van der Waals surface area contributed by atoms with Gasteiger partial charge < -0.3 is 9.84 Å². The summed E-state index contributed by atoms with van der Waals surface area (Å²) in [6.07, 6.45) is 7.03. The number of unbranched alkanes of at least 4 members (excludes halogenated alkanes) is 5. The van der Waals surface area contributed by atoms with Crippen LogP contribution in [0.5, 0.6) is 0 Å². The lowest BCUT2D eigenvalue weighted by atomic mass is 9.97. The number of hydrogen-bond donors (Lipinski definition) is 1. The summed E-state index contributed by atoms with van der Waals surface area (Å²) in [5.74, 6) is -2.06. The average molecular weight is 278 g/mol. The summed E-state index contributed by atoms with van der Waals surface area (Å²) in [5.41, 5.74) is 0.499. The second-order valence-electron chi connectivity index (χ2n) is 5.16. The molecule has 3 heteroatoms. The fourth-order valence-corrected chi connectivity index (χ4v) is 2.29. The maximum Gasteiger partial charge on any atom is 0.253 e. The number of carbonyl (C=O) groups excluding carboxylic acids is 1. The molecular formula is C17H26O3. The lowest BCUT2D eigenvalue weighted by Gasteiger charge is -2.25. The van der Waals surface area contributed by atoms with E-state index in [2.05, 4.69) is 6.92 Å². The normalized spacial score (nSPS) is 13.9. The molecule has 0 bridgehead atoms. The summed E-state index contributed by atoms with van der Waals surface area (Å²) in [5, 5.41) is 10.4. The molecule has 1 rings (SSSR count). The molecule has 0 aliphatic rings. The van der Waals surface area contributed by atoms with Gasteiger partial charge in [0.15, 0.2) is 5.78 Å². The number of hydrogen-bond acceptors (Lipinski definition) is 3. The predicted molar refractivity (Wildman–Crippen MR) is 80.3 cm³/mol. The van der Waals surface area contributed by atoms with E-state index >= 15 is 0 Å². The largest absolute Gasteiger partial charge is 0.356 e. The van der Waals surface area contributed by atoms with Crippen molar-refractivity contribution in [1.29, 1.82) is 0 Å². The minimum absolute atomic E-state index is 0.262. The molecule has 1 atom stereocenters. The zero-order valence-electron chi connectivity index (χ0n) is 12.6. The summed E-state index contributed by atoms with van der Waals surface area (Å²) in [6, 6.07) is 8.85. The summed E-state index contributed by atoms with van der Waals surface area (Å²) in [7, 11) is 1.37. The van der Waals surface area contributed by atoms with Gasteiger partial charge in [-0.2, -0.15) is 0 Å². The number of Topliss-reactive ketones (excluding diaryl/α,β-unsaturated/α-hetero) is 1. The predicted octanol–water partition coefficient (Wildman–Crippen LogP) is 3.80. The molecule has 0 aliphatic carbocycles. The molecule has 20 heavy (non-hydrogen) atoms. The molecule has 0 spiro atoms. The van der Waals surface area contributed by atoms with Gasteiger partial charge in [0.05, 0.1) is 0 Å². The molecule has 0 saturated heterocycles. The van der Waals surface area contributed by atoms with E-state index in [-0.39, 0.29) is 5.78 Å². The highest BCUT2D eigenvalue weighted by molar-refractivity contribution is 5.86. The molecule has 1 N–H and O–H groups in total. The fourth-order valence-electron chi connectivity index (χ4n) is 2.29. The van der Waals surface area contributed by atoms with Gasteiger partial charge in [0.2, 0.25) is 0 Å². The lowest BCUT2D eigenvalue weighted by Crippen LogP contribution is -2.37. The zero-order chi connectivity index (χ0) is 14.8. The maximum atomic E-state index is 12.2. The molecule has 0 radical (unpaired) electrons. The number of rotatable bonds is 10. The van der Waals surface area contributed by atoms with E-state index in [9.17, 15) is 9.90 Å². The molecule has 0 saturated carbocycles. The molecule has 0 aromatic heterocycles. The Kier molecular flexibility index (Phi) is 7.48. The van der Waals surface area contributed by atoms with Crippen LogP contribution in [0.1, 0.15) is 57.4 Å². The summed E-state index contributed by atoms with van der Waals surface area (Å²) in [4.78, 5) is 12.2. The van der Waals surface area contributed by atoms with Crippen LogP contribution in [0.25, 0.3) is 0 Å². The van der Waals surface area contributed by atoms with Crippen molar-refractivity contribution in [2.45, 2.75) is 57.7 Å². The van der Waals surface area contributed by atoms with Gasteiger partial charge in [-0.25, -0.2) is 0 Å². The van der Waals surface area contributed by atoms with Crippen molar-refractivity contribution >= 4 is 5.78 Å². The van der Waals surface area contributed by atoms with Crippen molar-refractivity contribution in [3.05, 3.63) is 35.9 Å². The van der Waals surface area contributed by atoms with Crippen LogP contribution in [0.15, 0.2) is 30.3 Å². The van der Waals surface area contributed by atoms with E-state index < -0.39 is 5.79 Å². The Labute approximate surface area is 122 Å². The van der Waals surface area contributed by atoms with E-state index in [1.54, 1.807) is 24.3 Å². The van der Waals surface area contributed by atoms with E-state index in [4.69, 9.17) is 4.74 Å². The molecule has 0 fully saturated rings. The van der Waals surface area contributed by atoms with Crippen LogP contribution in [-0.2, 0) is 15.3 Å². The molecule has 3 nitrogen and oxygen atoms in total. The van der Waals surface area contributed by atoms with Crippen molar-refractivity contribution in [2.75, 3.05) is 7.11 Å². The molecule has 0 heterocycles. The Balaban J connectivity index is 2.47. The first kappa shape index (κ1) is 16.9. The molecular weight excluding hydrogens is 252 g/mol. The number of methoxy groups -OCH3 is 1. The smallest absolute Gasteiger partial charge is 0.253 e. The molecule has 0 aliphatic heterocycles. The summed E-state index contributed by atoms with van der Waals surface area (Å²) in [6.45, 7) is 2.18. The average Bonchev–Trinajstić information content (AvgIpc) is 2.50. The first-order valence-electron chi connectivity index (χ1n) is 7.51. The maximum absolute atomic E-state index is 12.2. The van der Waals surface area contributed by atoms with Crippen molar-refractivity contribution in [3.8, 4) is 0 Å². The van der Waals surface area contributed by atoms with Gasteiger partial charge in [-0.3, -0.25) is 4.79 Å². The Morgan fingerprint density at radius 2 is 1.70 bits per heavy atom. The minimum atomic E-state index is -1.80. The van der Waals surface area contributed by atoms with Gasteiger partial charge in [-0.15, -0.1) is 0 Å². The van der Waals surface area contributed by atoms with Crippen molar-refractivity contribution in [3.63, 3.8) is 0 Å². The van der Waals surface area contributed by atoms with E-state index in [1.807, 2.05) is 6.07 Å². The Morgan fingerprint density at radius 3 is 2.30 bits per heavy atom. The Bertz CT molecular complexity index is 388. The van der Waals surface area contributed by atoms with Crippen molar-refractivity contribution in [2.24, 2.45) is 0 Å². The minimum Gasteiger partial charge on any atom is -0.356 e. The van der Waals surface area contributed by atoms with Crippen LogP contribution >= 0.6 is 0 Å². The number of ether oxygens (including phenoxy) is 1. The third-order valence-corrected chi connectivity index (χ3v) is 3.60. The van der Waals surface area contributed by atoms with Crippen molar-refractivity contribution < 1.29 is 14.6 Å². The first-order valence-corrected chi connectivity index (χ1v) is 7.51. The second kappa shape index (κ2) is 8.88. The van der Waals surface area contributed by atoms with Crippen LogP contribution in [-0.4, -0.2) is 18.0 Å². The van der Waals surface area contributed by atoms with Gasteiger partial charge in [-0.1, -0.05) is 69.4 Å². The van der Waals surface area contributed by atoms with Crippen LogP contribution in [0, 0.1) is 0 Å². The molecule has 1 aromatic rings. The summed E-state index contributed by atoms with van der Waals surface area (Å²) >= 11 is 0. The summed E-state index contributed by atoms with van der Waals surface area (Å²) < 4.78 is 5.09. The first-order chi connectivity index (χ1) is 9.65. The number of benzene rings is 1. The lowest BCUT2D eigenvalue weighted by molar-refractivity contribution is -0.200. The van der Waals surface area contributed by atoms with E-state index in [0.717, 1.165) is 19.3 Å². The molecule has 1 unspecified atom stereocenters.